The lowest BCUT2D eigenvalue weighted by molar-refractivity contribution is -0.0153. The minimum atomic E-state index is -0.827. The largest absolute Gasteiger partial charge is 0.382 e. The molecule has 4 heteroatoms. The first-order valence-corrected chi connectivity index (χ1v) is 4.80. The van der Waals surface area contributed by atoms with Gasteiger partial charge in [0.1, 0.15) is 11.4 Å². The molecule has 2 rings (SSSR count). The molecule has 1 heterocycles. The Labute approximate surface area is 83.9 Å². The molecule has 0 spiro atoms. The van der Waals surface area contributed by atoms with Gasteiger partial charge in [-0.1, -0.05) is 22.0 Å². The molecular formula is C9H9BrFNO. The molecule has 70 valence electrons. The SMILES string of the molecule is OC1(c2ccc(F)cc2Br)CNC1. The third-order valence-electron chi connectivity index (χ3n) is 2.27. The van der Waals surface area contributed by atoms with Crippen molar-refractivity contribution in [3.05, 3.63) is 34.1 Å². The van der Waals surface area contributed by atoms with Crippen LogP contribution >= 0.6 is 15.9 Å². The van der Waals surface area contributed by atoms with Gasteiger partial charge in [-0.3, -0.25) is 0 Å². The Morgan fingerprint density at radius 3 is 2.62 bits per heavy atom. The van der Waals surface area contributed by atoms with Crippen LogP contribution < -0.4 is 5.32 Å². The van der Waals surface area contributed by atoms with Crippen molar-refractivity contribution < 1.29 is 9.50 Å². The molecule has 1 saturated heterocycles. The maximum atomic E-state index is 12.7. The molecule has 0 aromatic heterocycles. The average molecular weight is 246 g/mol. The van der Waals surface area contributed by atoms with E-state index in [0.29, 0.717) is 17.6 Å². The van der Waals surface area contributed by atoms with E-state index in [4.69, 9.17) is 0 Å². The molecule has 1 aliphatic rings. The van der Waals surface area contributed by atoms with Gasteiger partial charge in [0.25, 0.3) is 0 Å². The van der Waals surface area contributed by atoms with E-state index in [1.54, 1.807) is 6.07 Å². The Balaban J connectivity index is 2.40. The Kier molecular flexibility index (Phi) is 2.14. The number of hydrogen-bond donors (Lipinski definition) is 2. The molecule has 13 heavy (non-hydrogen) atoms. The summed E-state index contributed by atoms with van der Waals surface area (Å²) in [5.74, 6) is -0.300. The molecule has 1 fully saturated rings. The standard InChI is InChI=1S/C9H9BrFNO/c10-8-3-6(11)1-2-7(8)9(13)4-12-5-9/h1-3,12-13H,4-5H2. The molecule has 2 nitrogen and oxygen atoms in total. The van der Waals surface area contributed by atoms with Crippen LogP contribution in [0, 0.1) is 5.82 Å². The number of hydrogen-bond acceptors (Lipinski definition) is 2. The van der Waals surface area contributed by atoms with E-state index in [-0.39, 0.29) is 5.82 Å². The van der Waals surface area contributed by atoms with Gasteiger partial charge in [0.15, 0.2) is 0 Å². The number of nitrogens with one attached hydrogen (secondary N) is 1. The van der Waals surface area contributed by atoms with Crippen LogP contribution in [0.5, 0.6) is 0 Å². The summed E-state index contributed by atoms with van der Waals surface area (Å²) in [6.45, 7) is 1.05. The lowest BCUT2D eigenvalue weighted by Gasteiger charge is -2.38. The van der Waals surface area contributed by atoms with Crippen LogP contribution in [0.15, 0.2) is 22.7 Å². The van der Waals surface area contributed by atoms with Crippen LogP contribution in [0.1, 0.15) is 5.56 Å². The van der Waals surface area contributed by atoms with Crippen molar-refractivity contribution in [1.29, 1.82) is 0 Å². The van der Waals surface area contributed by atoms with E-state index in [9.17, 15) is 9.50 Å². The number of benzene rings is 1. The molecule has 0 unspecified atom stereocenters. The van der Waals surface area contributed by atoms with Crippen LogP contribution in [0.4, 0.5) is 4.39 Å². The van der Waals surface area contributed by atoms with Crippen molar-refractivity contribution in [3.8, 4) is 0 Å². The lowest BCUT2D eigenvalue weighted by Crippen LogP contribution is -2.56. The molecule has 0 amide bonds. The maximum absolute atomic E-state index is 12.7. The summed E-state index contributed by atoms with van der Waals surface area (Å²) in [6, 6.07) is 4.34. The molecule has 1 aromatic carbocycles. The van der Waals surface area contributed by atoms with E-state index in [0.717, 1.165) is 5.56 Å². The monoisotopic (exact) mass is 245 g/mol. The summed E-state index contributed by atoms with van der Waals surface area (Å²) in [5.41, 5.74) is -0.0837. The maximum Gasteiger partial charge on any atom is 0.124 e. The molecule has 0 saturated carbocycles. The first-order chi connectivity index (χ1) is 6.12. The van der Waals surface area contributed by atoms with Gasteiger partial charge in [-0.15, -0.1) is 0 Å². The zero-order chi connectivity index (χ0) is 9.47. The Hall–Kier alpha value is -0.450. The predicted octanol–water partition coefficient (Wildman–Crippen LogP) is 1.38. The second kappa shape index (κ2) is 3.04. The van der Waals surface area contributed by atoms with E-state index in [1.807, 2.05) is 0 Å². The zero-order valence-corrected chi connectivity index (χ0v) is 8.44. The Morgan fingerprint density at radius 1 is 1.46 bits per heavy atom. The molecular weight excluding hydrogens is 237 g/mol. The lowest BCUT2D eigenvalue weighted by atomic mass is 9.88. The van der Waals surface area contributed by atoms with Crippen molar-refractivity contribution in [3.63, 3.8) is 0 Å². The summed E-state index contributed by atoms with van der Waals surface area (Å²) in [7, 11) is 0. The van der Waals surface area contributed by atoms with Gasteiger partial charge < -0.3 is 10.4 Å². The minimum Gasteiger partial charge on any atom is -0.382 e. The van der Waals surface area contributed by atoms with Crippen LogP contribution in [0.25, 0.3) is 0 Å². The normalized spacial score (nSPS) is 19.6. The number of aliphatic hydroxyl groups is 1. The third-order valence-corrected chi connectivity index (χ3v) is 2.92. The van der Waals surface area contributed by atoms with E-state index in [2.05, 4.69) is 21.2 Å². The highest BCUT2D eigenvalue weighted by Gasteiger charge is 2.37. The smallest absolute Gasteiger partial charge is 0.124 e. The van der Waals surface area contributed by atoms with Gasteiger partial charge >= 0.3 is 0 Å². The summed E-state index contributed by atoms with van der Waals surface area (Å²) in [4.78, 5) is 0. The van der Waals surface area contributed by atoms with Crippen LogP contribution in [0.2, 0.25) is 0 Å². The van der Waals surface area contributed by atoms with Crippen molar-refractivity contribution in [2.24, 2.45) is 0 Å². The molecule has 1 aliphatic heterocycles. The van der Waals surface area contributed by atoms with Gasteiger partial charge in [-0.2, -0.15) is 0 Å². The van der Waals surface area contributed by atoms with Gasteiger partial charge in [0.05, 0.1) is 0 Å². The zero-order valence-electron chi connectivity index (χ0n) is 6.85. The van der Waals surface area contributed by atoms with Gasteiger partial charge in [-0.05, 0) is 12.1 Å². The highest BCUT2D eigenvalue weighted by atomic mass is 79.9. The summed E-state index contributed by atoms with van der Waals surface area (Å²) in [5, 5.41) is 12.9. The average Bonchev–Trinajstić information content (AvgIpc) is 2.00. The Morgan fingerprint density at radius 2 is 2.15 bits per heavy atom. The number of halogens is 2. The van der Waals surface area contributed by atoms with Crippen LogP contribution in [0.3, 0.4) is 0 Å². The van der Waals surface area contributed by atoms with Crippen molar-refractivity contribution in [1.82, 2.24) is 5.32 Å². The molecule has 0 aliphatic carbocycles. The second-order valence-electron chi connectivity index (χ2n) is 3.26. The van der Waals surface area contributed by atoms with E-state index < -0.39 is 5.60 Å². The van der Waals surface area contributed by atoms with Crippen molar-refractivity contribution in [2.45, 2.75) is 5.60 Å². The summed E-state index contributed by atoms with van der Waals surface area (Å²) in [6.07, 6.45) is 0. The van der Waals surface area contributed by atoms with Crippen LogP contribution in [-0.4, -0.2) is 18.2 Å². The third kappa shape index (κ3) is 1.49. The van der Waals surface area contributed by atoms with Gasteiger partial charge in [0, 0.05) is 23.1 Å². The van der Waals surface area contributed by atoms with Crippen molar-refractivity contribution >= 4 is 15.9 Å². The predicted molar refractivity (Wildman–Crippen MR) is 50.9 cm³/mol. The van der Waals surface area contributed by atoms with Crippen molar-refractivity contribution in [2.75, 3.05) is 13.1 Å². The van der Waals surface area contributed by atoms with Gasteiger partial charge in [0.2, 0.25) is 0 Å². The fraction of sp³-hybridized carbons (Fsp3) is 0.333. The Bertz CT molecular complexity index is 338. The molecule has 1 aromatic rings. The summed E-state index contributed by atoms with van der Waals surface area (Å²) >= 11 is 3.23. The fourth-order valence-electron chi connectivity index (χ4n) is 1.42. The second-order valence-corrected chi connectivity index (χ2v) is 4.11. The number of rotatable bonds is 1. The summed E-state index contributed by atoms with van der Waals surface area (Å²) < 4.78 is 13.4. The highest BCUT2D eigenvalue weighted by molar-refractivity contribution is 9.10. The topological polar surface area (TPSA) is 32.3 Å². The first kappa shape index (κ1) is 9.12. The molecule has 2 N–H and O–H groups in total. The molecule has 0 radical (unpaired) electrons. The minimum absolute atomic E-state index is 0.300. The van der Waals surface area contributed by atoms with E-state index in [1.165, 1.54) is 12.1 Å². The fourth-order valence-corrected chi connectivity index (χ4v) is 2.14. The molecule has 0 bridgehead atoms. The first-order valence-electron chi connectivity index (χ1n) is 4.00. The van der Waals surface area contributed by atoms with Crippen LogP contribution in [-0.2, 0) is 5.60 Å². The molecule has 0 atom stereocenters. The quantitative estimate of drug-likeness (QED) is 0.784. The van der Waals surface area contributed by atoms with E-state index >= 15 is 0 Å². The highest BCUT2D eigenvalue weighted by Crippen LogP contribution is 2.31. The van der Waals surface area contributed by atoms with Gasteiger partial charge in [-0.25, -0.2) is 4.39 Å². The number of β-amino-alcohol motifs (C(OH)–C–C–N with tert-alkyl or cyclic N) is 1.